The summed E-state index contributed by atoms with van der Waals surface area (Å²) in [7, 11) is 0. The van der Waals surface area contributed by atoms with Gasteiger partial charge in [-0.1, -0.05) is 19.1 Å². The quantitative estimate of drug-likeness (QED) is 0.205. The first-order valence-corrected chi connectivity index (χ1v) is 13.1. The summed E-state index contributed by atoms with van der Waals surface area (Å²) in [6, 6.07) is 0. The molecule has 39 heavy (non-hydrogen) atoms. The molecule has 0 amide bonds. The first kappa shape index (κ1) is 31.7. The number of carbonyl (C=O) groups is 5. The number of rotatable bonds is 13. The van der Waals surface area contributed by atoms with Crippen LogP contribution in [-0.4, -0.2) is 86.1 Å². The first-order valence-electron chi connectivity index (χ1n) is 11.7. The molecule has 2 aromatic heterocycles. The van der Waals surface area contributed by atoms with Crippen molar-refractivity contribution in [1.82, 2.24) is 19.5 Å². The lowest BCUT2D eigenvalue weighted by atomic mass is 10.0. The molecule has 16 heteroatoms. The van der Waals surface area contributed by atoms with Crippen LogP contribution in [0.3, 0.4) is 0 Å². The summed E-state index contributed by atoms with van der Waals surface area (Å²) >= 11 is 6.55. The second-order valence-corrected chi connectivity index (χ2v) is 9.86. The number of hydrogen-bond donors (Lipinski definition) is 1. The number of fused-ring (bicyclic) bond motifs is 1. The SMILES string of the molecule is CCS[C@H]([C@@H](OC(C)=O)[C@H](OC(C)=O)[C@H](OC(C)=O)[C@@H](COC(C)=O)OC(C)=O)n1cnc2c(=S)nc[nH]c21. The Labute approximate surface area is 233 Å². The third kappa shape index (κ3) is 9.02. The summed E-state index contributed by atoms with van der Waals surface area (Å²) < 4.78 is 29.0. The van der Waals surface area contributed by atoms with Crippen molar-refractivity contribution in [2.45, 2.75) is 71.3 Å². The van der Waals surface area contributed by atoms with Gasteiger partial charge in [0, 0.05) is 34.6 Å². The maximum Gasteiger partial charge on any atom is 0.303 e. The Morgan fingerprint density at radius 1 is 0.872 bits per heavy atom. The van der Waals surface area contributed by atoms with E-state index in [-0.39, 0.29) is 4.64 Å². The molecule has 0 aliphatic heterocycles. The zero-order valence-electron chi connectivity index (χ0n) is 22.2. The highest BCUT2D eigenvalue weighted by molar-refractivity contribution is 7.99. The van der Waals surface area contributed by atoms with Gasteiger partial charge >= 0.3 is 29.8 Å². The number of nitrogens with zero attached hydrogens (tertiary/aromatic N) is 3. The van der Waals surface area contributed by atoms with Gasteiger partial charge in [-0.15, -0.1) is 11.8 Å². The van der Waals surface area contributed by atoms with Crippen LogP contribution in [-0.2, 0) is 47.7 Å². The predicted octanol–water partition coefficient (Wildman–Crippen LogP) is 2.03. The molecule has 0 fully saturated rings. The Balaban J connectivity index is 2.77. The molecule has 5 atom stereocenters. The number of aromatic amines is 1. The fraction of sp³-hybridized carbons (Fsp3) is 0.565. The smallest absolute Gasteiger partial charge is 0.303 e. The fourth-order valence-electron chi connectivity index (χ4n) is 3.72. The van der Waals surface area contributed by atoms with E-state index in [2.05, 4.69) is 15.0 Å². The Kier molecular flexibility index (Phi) is 11.8. The third-order valence-electron chi connectivity index (χ3n) is 4.96. The first-order chi connectivity index (χ1) is 18.3. The van der Waals surface area contributed by atoms with E-state index >= 15 is 0 Å². The van der Waals surface area contributed by atoms with Gasteiger partial charge in [0.2, 0.25) is 0 Å². The number of H-pyrrole nitrogens is 1. The van der Waals surface area contributed by atoms with E-state index in [4.69, 9.17) is 35.9 Å². The van der Waals surface area contributed by atoms with Crippen molar-refractivity contribution in [2.24, 2.45) is 0 Å². The largest absolute Gasteiger partial charge is 0.462 e. The number of esters is 5. The van der Waals surface area contributed by atoms with Gasteiger partial charge in [0.05, 0.1) is 12.7 Å². The third-order valence-corrected chi connectivity index (χ3v) is 6.43. The normalized spacial score (nSPS) is 14.8. The molecule has 0 saturated heterocycles. The molecule has 0 saturated carbocycles. The van der Waals surface area contributed by atoms with Gasteiger partial charge in [0.25, 0.3) is 0 Å². The van der Waals surface area contributed by atoms with Crippen molar-refractivity contribution in [3.63, 3.8) is 0 Å². The molecule has 0 aromatic carbocycles. The molecule has 2 rings (SSSR count). The van der Waals surface area contributed by atoms with Gasteiger partial charge < -0.3 is 33.2 Å². The molecule has 0 aliphatic rings. The minimum absolute atomic E-state index is 0.220. The van der Waals surface area contributed by atoms with Gasteiger partial charge in [0.15, 0.2) is 29.1 Å². The molecule has 2 heterocycles. The highest BCUT2D eigenvalue weighted by atomic mass is 32.2. The monoisotopic (exact) mass is 586 g/mol. The van der Waals surface area contributed by atoms with E-state index in [0.29, 0.717) is 16.9 Å². The van der Waals surface area contributed by atoms with Crippen LogP contribution in [0.15, 0.2) is 12.7 Å². The van der Waals surface area contributed by atoms with E-state index < -0.39 is 66.2 Å². The van der Waals surface area contributed by atoms with Gasteiger partial charge in [-0.05, 0) is 5.75 Å². The lowest BCUT2D eigenvalue weighted by molar-refractivity contribution is -0.203. The van der Waals surface area contributed by atoms with Crippen LogP contribution in [0.5, 0.6) is 0 Å². The highest BCUT2D eigenvalue weighted by Gasteiger charge is 2.47. The molecule has 214 valence electrons. The number of aromatic nitrogens is 4. The van der Waals surface area contributed by atoms with Crippen LogP contribution in [0, 0.1) is 4.64 Å². The summed E-state index contributed by atoms with van der Waals surface area (Å²) in [4.78, 5) is 71.7. The van der Waals surface area contributed by atoms with E-state index in [1.54, 1.807) is 4.57 Å². The summed E-state index contributed by atoms with van der Waals surface area (Å²) in [6.07, 6.45) is -3.06. The molecule has 1 N–H and O–H groups in total. The average molecular weight is 587 g/mol. The maximum absolute atomic E-state index is 12.4. The van der Waals surface area contributed by atoms with Crippen molar-refractivity contribution in [2.75, 3.05) is 12.4 Å². The maximum atomic E-state index is 12.4. The number of carbonyl (C=O) groups excluding carboxylic acids is 5. The molecule has 0 aliphatic carbocycles. The van der Waals surface area contributed by atoms with Crippen molar-refractivity contribution >= 4 is 65.0 Å². The number of hydrogen-bond acceptors (Lipinski definition) is 14. The topological polar surface area (TPSA) is 178 Å². The number of thioether (sulfide) groups is 1. The van der Waals surface area contributed by atoms with Crippen molar-refractivity contribution in [3.05, 3.63) is 17.3 Å². The molecule has 0 radical (unpaired) electrons. The zero-order valence-corrected chi connectivity index (χ0v) is 23.8. The Morgan fingerprint density at radius 2 is 1.44 bits per heavy atom. The van der Waals surface area contributed by atoms with Gasteiger partial charge in [-0.3, -0.25) is 24.0 Å². The molecular formula is C23H30N4O10S2. The van der Waals surface area contributed by atoms with Crippen LogP contribution in [0.1, 0.15) is 46.9 Å². The summed E-state index contributed by atoms with van der Waals surface area (Å²) in [6.45, 7) is 6.87. The standard InChI is InChI=1S/C23H30N4O10S2/c1-7-39-23(27-10-26-17-21(27)24-9-25-22(17)38)20(37-15(6)32)19(36-14(5)31)18(35-13(4)30)16(34-12(3)29)8-33-11(2)28/h9-10,16,18-20,23H,7-8H2,1-6H3,(H,24,25,38)/t16-,18-,19-,20+,23-/m1/s1. The van der Waals surface area contributed by atoms with Crippen LogP contribution in [0.25, 0.3) is 11.2 Å². The molecule has 14 nitrogen and oxygen atoms in total. The second-order valence-electron chi connectivity index (χ2n) is 8.08. The van der Waals surface area contributed by atoms with Crippen molar-refractivity contribution in [1.29, 1.82) is 0 Å². The minimum Gasteiger partial charge on any atom is -0.462 e. The Morgan fingerprint density at radius 3 is 1.97 bits per heavy atom. The Hall–Kier alpha value is -3.53. The summed E-state index contributed by atoms with van der Waals surface area (Å²) in [5.41, 5.74) is 0.796. The van der Waals surface area contributed by atoms with E-state index in [1.807, 2.05) is 6.92 Å². The molecule has 0 spiro atoms. The Bertz CT molecular complexity index is 1260. The molecule has 0 unspecified atom stereocenters. The summed E-state index contributed by atoms with van der Waals surface area (Å²) in [5.74, 6) is -3.41. The zero-order chi connectivity index (χ0) is 29.3. The van der Waals surface area contributed by atoms with Gasteiger partial charge in [-0.2, -0.15) is 0 Å². The highest BCUT2D eigenvalue weighted by Crippen LogP contribution is 2.36. The van der Waals surface area contributed by atoms with Crippen LogP contribution in [0.4, 0.5) is 0 Å². The van der Waals surface area contributed by atoms with E-state index in [1.165, 1.54) is 24.4 Å². The van der Waals surface area contributed by atoms with Crippen molar-refractivity contribution in [3.8, 4) is 0 Å². The lowest BCUT2D eigenvalue weighted by Crippen LogP contribution is -2.54. The average Bonchev–Trinajstić information content (AvgIpc) is 3.26. The second kappa shape index (κ2) is 14.6. The number of ether oxygens (including phenoxy) is 5. The minimum atomic E-state index is -1.56. The van der Waals surface area contributed by atoms with Crippen LogP contribution >= 0.6 is 24.0 Å². The predicted molar refractivity (Wildman–Crippen MR) is 139 cm³/mol. The van der Waals surface area contributed by atoms with Crippen molar-refractivity contribution < 1.29 is 47.7 Å². The van der Waals surface area contributed by atoms with Crippen LogP contribution in [0.2, 0.25) is 0 Å². The van der Waals surface area contributed by atoms with Crippen LogP contribution < -0.4 is 0 Å². The van der Waals surface area contributed by atoms with E-state index in [9.17, 15) is 24.0 Å². The van der Waals surface area contributed by atoms with Gasteiger partial charge in [-0.25, -0.2) is 9.97 Å². The number of nitrogens with one attached hydrogen (secondary N) is 1. The molecule has 2 aromatic rings. The summed E-state index contributed by atoms with van der Waals surface area (Å²) in [5, 5.41) is -0.842. The fourth-order valence-corrected chi connectivity index (χ4v) is 4.98. The van der Waals surface area contributed by atoms with E-state index in [0.717, 1.165) is 34.6 Å². The molecular weight excluding hydrogens is 556 g/mol. The molecule has 0 bridgehead atoms. The van der Waals surface area contributed by atoms with Gasteiger partial charge in [0.1, 0.15) is 23.1 Å². The lowest BCUT2D eigenvalue weighted by Gasteiger charge is -2.38. The number of imidazole rings is 1.